The van der Waals surface area contributed by atoms with Gasteiger partial charge < -0.3 is 11.5 Å². The van der Waals surface area contributed by atoms with Crippen molar-refractivity contribution in [1.82, 2.24) is 0 Å². The Kier molecular flexibility index (Phi) is 2.67. The zero-order valence-electron chi connectivity index (χ0n) is 4.42. The first-order valence-corrected chi connectivity index (χ1v) is 2.17. The SMILES string of the molecule is C#C[C@H](N)CC(N)=O. The van der Waals surface area contributed by atoms with Crippen LogP contribution in [0.4, 0.5) is 0 Å². The molecule has 0 rings (SSSR count). The predicted molar refractivity (Wildman–Crippen MR) is 30.6 cm³/mol. The zero-order chi connectivity index (χ0) is 6.57. The minimum absolute atomic E-state index is 0.0660. The van der Waals surface area contributed by atoms with Crippen molar-refractivity contribution in [1.29, 1.82) is 0 Å². The van der Waals surface area contributed by atoms with Crippen molar-refractivity contribution in [2.75, 3.05) is 0 Å². The van der Waals surface area contributed by atoms with Gasteiger partial charge in [0.15, 0.2) is 0 Å². The Morgan fingerprint density at radius 3 is 2.50 bits per heavy atom. The van der Waals surface area contributed by atoms with Gasteiger partial charge in [-0.3, -0.25) is 4.79 Å². The van der Waals surface area contributed by atoms with E-state index in [1.165, 1.54) is 0 Å². The van der Waals surface area contributed by atoms with Crippen LogP contribution in [0.25, 0.3) is 0 Å². The number of rotatable bonds is 2. The lowest BCUT2D eigenvalue weighted by molar-refractivity contribution is -0.118. The Morgan fingerprint density at radius 2 is 2.38 bits per heavy atom. The molecule has 0 bridgehead atoms. The first-order valence-electron chi connectivity index (χ1n) is 2.17. The molecule has 0 aliphatic carbocycles. The largest absolute Gasteiger partial charge is 0.370 e. The summed E-state index contributed by atoms with van der Waals surface area (Å²) in [5, 5.41) is 0. The van der Waals surface area contributed by atoms with Crippen LogP contribution in [0.2, 0.25) is 0 Å². The molecule has 44 valence electrons. The molecule has 0 unspecified atom stereocenters. The second-order valence-corrected chi connectivity index (χ2v) is 1.44. The molecule has 0 aromatic heterocycles. The Bertz CT molecular complexity index is 125. The molecule has 0 aliphatic heterocycles. The van der Waals surface area contributed by atoms with Gasteiger partial charge in [-0.15, -0.1) is 6.42 Å². The molecule has 0 saturated carbocycles. The maximum absolute atomic E-state index is 10.0. The summed E-state index contributed by atoms with van der Waals surface area (Å²) in [6.07, 6.45) is 4.90. The van der Waals surface area contributed by atoms with E-state index in [2.05, 4.69) is 5.92 Å². The van der Waals surface area contributed by atoms with Gasteiger partial charge in [0.05, 0.1) is 12.5 Å². The fraction of sp³-hybridized carbons (Fsp3) is 0.400. The van der Waals surface area contributed by atoms with Crippen LogP contribution in [0.15, 0.2) is 0 Å². The van der Waals surface area contributed by atoms with E-state index in [-0.39, 0.29) is 6.42 Å². The van der Waals surface area contributed by atoms with Crippen LogP contribution in [-0.4, -0.2) is 11.9 Å². The lowest BCUT2D eigenvalue weighted by atomic mass is 10.2. The Hall–Kier alpha value is -1.01. The molecule has 8 heavy (non-hydrogen) atoms. The monoisotopic (exact) mass is 112 g/mol. The molecule has 0 saturated heterocycles. The van der Waals surface area contributed by atoms with Gasteiger partial charge >= 0.3 is 0 Å². The molecule has 0 fully saturated rings. The summed E-state index contributed by atoms with van der Waals surface area (Å²) in [6, 6.07) is -0.521. The molecule has 1 atom stereocenters. The summed E-state index contributed by atoms with van der Waals surface area (Å²) in [4.78, 5) is 10.0. The lowest BCUT2D eigenvalue weighted by Crippen LogP contribution is -2.25. The van der Waals surface area contributed by atoms with Gasteiger partial charge in [0.25, 0.3) is 0 Å². The highest BCUT2D eigenvalue weighted by molar-refractivity contribution is 5.74. The topological polar surface area (TPSA) is 69.1 Å². The van der Waals surface area contributed by atoms with Crippen molar-refractivity contribution >= 4 is 5.91 Å². The molecule has 3 heteroatoms. The third-order valence-electron chi connectivity index (χ3n) is 0.635. The van der Waals surface area contributed by atoms with E-state index in [0.29, 0.717) is 0 Å². The Balaban J connectivity index is 3.43. The van der Waals surface area contributed by atoms with Crippen LogP contribution in [-0.2, 0) is 4.79 Å². The first kappa shape index (κ1) is 6.99. The van der Waals surface area contributed by atoms with Crippen molar-refractivity contribution in [2.24, 2.45) is 11.5 Å². The Labute approximate surface area is 48.0 Å². The fourth-order valence-corrected chi connectivity index (χ4v) is 0.276. The average Bonchev–Trinajstić information content (AvgIpc) is 1.65. The number of amides is 1. The van der Waals surface area contributed by atoms with Gasteiger partial charge in [-0.2, -0.15) is 0 Å². The van der Waals surface area contributed by atoms with Crippen LogP contribution in [0.1, 0.15) is 6.42 Å². The van der Waals surface area contributed by atoms with Crippen LogP contribution in [0.5, 0.6) is 0 Å². The molecule has 0 aromatic carbocycles. The minimum Gasteiger partial charge on any atom is -0.370 e. The third-order valence-corrected chi connectivity index (χ3v) is 0.635. The third kappa shape index (κ3) is 3.19. The van der Waals surface area contributed by atoms with Gasteiger partial charge in [0.2, 0.25) is 5.91 Å². The van der Waals surface area contributed by atoms with Crippen molar-refractivity contribution in [3.8, 4) is 12.3 Å². The van der Waals surface area contributed by atoms with E-state index in [1.807, 2.05) is 0 Å². The molecule has 0 heterocycles. The van der Waals surface area contributed by atoms with Crippen molar-refractivity contribution < 1.29 is 4.79 Å². The summed E-state index contributed by atoms with van der Waals surface area (Å²) >= 11 is 0. The maximum atomic E-state index is 10.0. The van der Waals surface area contributed by atoms with E-state index < -0.39 is 11.9 Å². The molecule has 3 nitrogen and oxygen atoms in total. The normalized spacial score (nSPS) is 12.0. The molecular weight excluding hydrogens is 104 g/mol. The number of carbonyl (C=O) groups is 1. The van der Waals surface area contributed by atoms with E-state index in [4.69, 9.17) is 17.9 Å². The lowest BCUT2D eigenvalue weighted by Gasteiger charge is -1.95. The predicted octanol–water partition coefficient (Wildman–Crippen LogP) is -1.18. The fourth-order valence-electron chi connectivity index (χ4n) is 0.276. The van der Waals surface area contributed by atoms with Gasteiger partial charge in [-0.05, 0) is 0 Å². The molecule has 0 aromatic rings. The smallest absolute Gasteiger partial charge is 0.219 e. The summed E-state index contributed by atoms with van der Waals surface area (Å²) < 4.78 is 0. The van der Waals surface area contributed by atoms with E-state index >= 15 is 0 Å². The highest BCUT2D eigenvalue weighted by Gasteiger charge is 1.99. The van der Waals surface area contributed by atoms with Gasteiger partial charge in [-0.25, -0.2) is 0 Å². The number of primary amides is 1. The summed E-state index contributed by atoms with van der Waals surface area (Å²) in [5.74, 6) is 1.71. The summed E-state index contributed by atoms with van der Waals surface area (Å²) in [5.41, 5.74) is 9.89. The minimum atomic E-state index is -0.521. The van der Waals surface area contributed by atoms with Crippen LogP contribution in [0, 0.1) is 12.3 Å². The molecule has 4 N–H and O–H groups in total. The van der Waals surface area contributed by atoms with Crippen molar-refractivity contribution in [3.63, 3.8) is 0 Å². The average molecular weight is 112 g/mol. The van der Waals surface area contributed by atoms with Crippen molar-refractivity contribution in [3.05, 3.63) is 0 Å². The summed E-state index contributed by atoms with van der Waals surface area (Å²) in [7, 11) is 0. The molecule has 0 radical (unpaired) electrons. The molecule has 1 amide bonds. The van der Waals surface area contributed by atoms with E-state index in [9.17, 15) is 4.79 Å². The van der Waals surface area contributed by atoms with Gasteiger partial charge in [0, 0.05) is 0 Å². The van der Waals surface area contributed by atoms with Gasteiger partial charge in [-0.1, -0.05) is 5.92 Å². The van der Waals surface area contributed by atoms with Crippen LogP contribution in [0.3, 0.4) is 0 Å². The van der Waals surface area contributed by atoms with Gasteiger partial charge in [0.1, 0.15) is 0 Å². The van der Waals surface area contributed by atoms with Crippen LogP contribution < -0.4 is 11.5 Å². The first-order chi connectivity index (χ1) is 3.66. The molecule has 0 spiro atoms. The summed E-state index contributed by atoms with van der Waals surface area (Å²) in [6.45, 7) is 0. The maximum Gasteiger partial charge on any atom is 0.219 e. The number of terminal acetylenes is 1. The highest BCUT2D eigenvalue weighted by Crippen LogP contribution is 1.80. The highest BCUT2D eigenvalue weighted by atomic mass is 16.1. The second-order valence-electron chi connectivity index (χ2n) is 1.44. The number of hydrogen-bond donors (Lipinski definition) is 2. The molecular formula is C5H8N2O. The van der Waals surface area contributed by atoms with Crippen molar-refractivity contribution in [2.45, 2.75) is 12.5 Å². The quantitative estimate of drug-likeness (QED) is 0.441. The van der Waals surface area contributed by atoms with E-state index in [1.54, 1.807) is 0 Å². The number of hydrogen-bond acceptors (Lipinski definition) is 2. The standard InChI is InChI=1S/C5H8N2O/c1-2-4(6)3-5(7)8/h1,4H,3,6H2,(H2,7,8)/t4-/m0/s1. The van der Waals surface area contributed by atoms with E-state index in [0.717, 1.165) is 0 Å². The zero-order valence-corrected chi connectivity index (χ0v) is 4.42. The molecule has 0 aliphatic rings. The number of carbonyl (C=O) groups excluding carboxylic acids is 1. The Morgan fingerprint density at radius 1 is 1.88 bits per heavy atom. The van der Waals surface area contributed by atoms with Crippen LogP contribution >= 0.6 is 0 Å². The number of nitrogens with two attached hydrogens (primary N) is 2. The second kappa shape index (κ2) is 3.05.